The van der Waals surface area contributed by atoms with Gasteiger partial charge in [-0.1, -0.05) is 24.6 Å². The molecule has 0 bridgehead atoms. The van der Waals surface area contributed by atoms with Crippen LogP contribution >= 0.6 is 22.9 Å². The van der Waals surface area contributed by atoms with Gasteiger partial charge in [-0.2, -0.15) is 0 Å². The van der Waals surface area contributed by atoms with Crippen LogP contribution in [0.15, 0.2) is 30.7 Å². The van der Waals surface area contributed by atoms with E-state index in [0.29, 0.717) is 41.3 Å². The fourth-order valence-electron chi connectivity index (χ4n) is 4.87. The van der Waals surface area contributed by atoms with Gasteiger partial charge in [-0.15, -0.1) is 11.3 Å². The molecule has 0 spiro atoms. The highest BCUT2D eigenvalue weighted by Gasteiger charge is 2.32. The van der Waals surface area contributed by atoms with E-state index in [9.17, 15) is 14.3 Å². The van der Waals surface area contributed by atoms with Crippen molar-refractivity contribution in [1.82, 2.24) is 9.97 Å². The number of aromatic nitrogens is 2. The summed E-state index contributed by atoms with van der Waals surface area (Å²) in [7, 11) is 0. The summed E-state index contributed by atoms with van der Waals surface area (Å²) < 4.78 is 20.9. The number of aliphatic hydroxyl groups is 1. The van der Waals surface area contributed by atoms with E-state index in [0.717, 1.165) is 22.4 Å². The van der Waals surface area contributed by atoms with Gasteiger partial charge in [0.05, 0.1) is 28.2 Å². The Balaban J connectivity index is 1.45. The summed E-state index contributed by atoms with van der Waals surface area (Å²) in [5.74, 6) is -0.0424. The Labute approximate surface area is 206 Å². The highest BCUT2D eigenvalue weighted by Crippen LogP contribution is 2.41. The van der Waals surface area contributed by atoms with Crippen molar-refractivity contribution in [2.75, 3.05) is 11.9 Å². The Morgan fingerprint density at radius 2 is 2.18 bits per heavy atom. The van der Waals surface area contributed by atoms with Crippen LogP contribution in [0.25, 0.3) is 0 Å². The van der Waals surface area contributed by atoms with E-state index >= 15 is 0 Å². The minimum absolute atomic E-state index is 0.0342. The van der Waals surface area contributed by atoms with Crippen molar-refractivity contribution in [3.8, 4) is 0 Å². The van der Waals surface area contributed by atoms with E-state index in [2.05, 4.69) is 15.3 Å². The molecule has 0 unspecified atom stereocenters. The fourth-order valence-corrected chi connectivity index (χ4v) is 6.04. The van der Waals surface area contributed by atoms with Gasteiger partial charge in [-0.25, -0.2) is 14.4 Å². The van der Waals surface area contributed by atoms with E-state index in [-0.39, 0.29) is 28.9 Å². The number of fused-ring (bicyclic) bond motifs is 1. The number of halogens is 2. The minimum Gasteiger partial charge on any atom is -0.393 e. The predicted octanol–water partition coefficient (Wildman–Crippen LogP) is 5.10. The van der Waals surface area contributed by atoms with E-state index < -0.39 is 11.9 Å². The zero-order chi connectivity index (χ0) is 24.0. The molecule has 1 fully saturated rings. The van der Waals surface area contributed by atoms with Crippen LogP contribution in [0, 0.1) is 18.7 Å². The smallest absolute Gasteiger partial charge is 0.208 e. The van der Waals surface area contributed by atoms with E-state index in [1.165, 1.54) is 23.9 Å². The van der Waals surface area contributed by atoms with Crippen molar-refractivity contribution < 1.29 is 19.0 Å². The topological polar surface area (TPSA) is 84.3 Å². The van der Waals surface area contributed by atoms with Crippen molar-refractivity contribution in [2.24, 2.45) is 5.92 Å². The van der Waals surface area contributed by atoms with Crippen LogP contribution in [0.3, 0.4) is 0 Å². The maximum Gasteiger partial charge on any atom is 0.208 e. The third kappa shape index (κ3) is 4.24. The number of hydrogen-bond acceptors (Lipinski definition) is 7. The number of rotatable bonds is 5. The molecule has 2 N–H and O–H groups in total. The van der Waals surface area contributed by atoms with Crippen molar-refractivity contribution >= 4 is 34.5 Å². The fraction of sp³-hybridized carbons (Fsp3) is 0.400. The number of ether oxygens (including phenoxy) is 1. The zero-order valence-electron chi connectivity index (χ0n) is 18.8. The normalized spacial score (nSPS) is 24.1. The standard InChI is InChI=1S/C25H25ClFN3O3S/c1-12-7-15(8-19(12)31)30-25-17(10-28-11-29-25)23(32)20-9-16(13(2)34-20)24-21-14(5-6-33-24)3-4-18(26)22(21)27/h3-4,9-12,15,19,24,31H,5-8H2,1-2H3,(H,28,29,30)/t12-,15-,19+,24+/m1/s1. The number of carbonyl (C=O) groups is 1. The van der Waals surface area contributed by atoms with Crippen LogP contribution in [0.2, 0.25) is 5.02 Å². The third-order valence-electron chi connectivity index (χ3n) is 6.74. The number of anilines is 1. The van der Waals surface area contributed by atoms with Crippen LogP contribution < -0.4 is 5.32 Å². The van der Waals surface area contributed by atoms with Gasteiger partial charge in [0.2, 0.25) is 5.78 Å². The van der Waals surface area contributed by atoms with Gasteiger partial charge in [0, 0.05) is 22.7 Å². The van der Waals surface area contributed by atoms with Crippen molar-refractivity contribution in [3.05, 3.63) is 73.6 Å². The number of hydrogen-bond donors (Lipinski definition) is 2. The molecule has 1 saturated carbocycles. The van der Waals surface area contributed by atoms with Crippen LogP contribution in [-0.4, -0.2) is 39.6 Å². The van der Waals surface area contributed by atoms with Gasteiger partial charge in [-0.05, 0) is 55.4 Å². The number of nitrogens with zero attached hydrogens (tertiary/aromatic N) is 2. The lowest BCUT2D eigenvalue weighted by molar-refractivity contribution is 0.0668. The number of aryl methyl sites for hydroxylation is 1. The Hall–Kier alpha value is -2.39. The number of carbonyl (C=O) groups excluding carboxylic acids is 1. The van der Waals surface area contributed by atoms with Crippen LogP contribution in [0.4, 0.5) is 10.2 Å². The lowest BCUT2D eigenvalue weighted by atomic mass is 9.92. The highest BCUT2D eigenvalue weighted by atomic mass is 35.5. The minimum atomic E-state index is -0.619. The first kappa shape index (κ1) is 23.4. The molecule has 2 aromatic heterocycles. The second kappa shape index (κ2) is 9.34. The second-order valence-electron chi connectivity index (χ2n) is 9.03. The molecule has 0 radical (unpaired) electrons. The predicted molar refractivity (Wildman–Crippen MR) is 129 cm³/mol. The average molecular weight is 502 g/mol. The number of nitrogens with one attached hydrogen (secondary N) is 1. The number of benzene rings is 1. The second-order valence-corrected chi connectivity index (χ2v) is 10.7. The maximum atomic E-state index is 15.0. The number of ketones is 1. The van der Waals surface area contributed by atoms with Crippen LogP contribution in [0.1, 0.15) is 62.7 Å². The molecule has 1 aliphatic carbocycles. The lowest BCUT2D eigenvalue weighted by Gasteiger charge is -2.27. The van der Waals surface area contributed by atoms with E-state index in [4.69, 9.17) is 16.3 Å². The quantitative estimate of drug-likeness (QED) is 0.473. The number of aliphatic hydroxyl groups excluding tert-OH is 1. The molecule has 2 aliphatic rings. The lowest BCUT2D eigenvalue weighted by Crippen LogP contribution is -2.20. The molecule has 6 nitrogen and oxygen atoms in total. The Bertz CT molecular complexity index is 1240. The monoisotopic (exact) mass is 501 g/mol. The molecular weight excluding hydrogens is 477 g/mol. The highest BCUT2D eigenvalue weighted by molar-refractivity contribution is 7.14. The van der Waals surface area contributed by atoms with Gasteiger partial charge in [0.15, 0.2) is 0 Å². The summed E-state index contributed by atoms with van der Waals surface area (Å²) in [5, 5.41) is 13.5. The SMILES string of the molecule is Cc1sc(C(=O)c2cncnc2N[C@@H]2C[C@@H](C)[C@@H](O)C2)cc1[C@@H]1OCCc2ccc(Cl)c(F)c21. The van der Waals surface area contributed by atoms with E-state index in [1.807, 2.05) is 19.9 Å². The van der Waals surface area contributed by atoms with E-state index in [1.54, 1.807) is 12.1 Å². The molecule has 3 heterocycles. The number of thiophene rings is 1. The van der Waals surface area contributed by atoms with Crippen molar-refractivity contribution in [2.45, 2.75) is 51.4 Å². The average Bonchev–Trinajstić information content (AvgIpc) is 3.37. The van der Waals surface area contributed by atoms with Crippen LogP contribution in [-0.2, 0) is 11.2 Å². The van der Waals surface area contributed by atoms with Crippen LogP contribution in [0.5, 0.6) is 0 Å². The van der Waals surface area contributed by atoms with Crippen molar-refractivity contribution in [1.29, 1.82) is 0 Å². The largest absolute Gasteiger partial charge is 0.393 e. The molecule has 34 heavy (non-hydrogen) atoms. The zero-order valence-corrected chi connectivity index (χ0v) is 20.4. The van der Waals surface area contributed by atoms with Gasteiger partial charge in [0.25, 0.3) is 0 Å². The summed E-state index contributed by atoms with van der Waals surface area (Å²) in [5.41, 5.74) is 2.43. The Kier molecular flexibility index (Phi) is 6.41. The molecule has 1 aliphatic heterocycles. The Morgan fingerprint density at radius 1 is 1.35 bits per heavy atom. The summed E-state index contributed by atoms with van der Waals surface area (Å²) in [4.78, 5) is 23.2. The third-order valence-corrected chi connectivity index (χ3v) is 8.10. The Morgan fingerprint density at radius 3 is 2.94 bits per heavy atom. The molecular formula is C25H25ClFN3O3S. The van der Waals surface area contributed by atoms with Gasteiger partial charge in [-0.3, -0.25) is 4.79 Å². The molecule has 1 aromatic carbocycles. The molecule has 3 aromatic rings. The first-order chi connectivity index (χ1) is 16.3. The molecule has 9 heteroatoms. The van der Waals surface area contributed by atoms with Gasteiger partial charge >= 0.3 is 0 Å². The van der Waals surface area contributed by atoms with Crippen molar-refractivity contribution in [3.63, 3.8) is 0 Å². The first-order valence-corrected chi connectivity index (χ1v) is 12.5. The van der Waals surface area contributed by atoms with Gasteiger partial charge < -0.3 is 15.2 Å². The molecule has 5 rings (SSSR count). The first-order valence-electron chi connectivity index (χ1n) is 11.3. The molecule has 0 saturated heterocycles. The summed E-state index contributed by atoms with van der Waals surface area (Å²) in [6, 6.07) is 5.22. The molecule has 0 amide bonds. The summed E-state index contributed by atoms with van der Waals surface area (Å²) in [6.45, 7) is 4.37. The summed E-state index contributed by atoms with van der Waals surface area (Å²) in [6.07, 6.45) is 3.94. The summed E-state index contributed by atoms with van der Waals surface area (Å²) >= 11 is 7.40. The van der Waals surface area contributed by atoms with Gasteiger partial charge in [0.1, 0.15) is 24.1 Å². The molecule has 4 atom stereocenters. The maximum absolute atomic E-state index is 15.0. The molecule has 178 valence electrons.